The van der Waals surface area contributed by atoms with Gasteiger partial charge in [-0.2, -0.15) is 0 Å². The molecule has 0 spiro atoms. The lowest BCUT2D eigenvalue weighted by Crippen LogP contribution is -2.36. The van der Waals surface area contributed by atoms with Crippen LogP contribution in [0.4, 0.5) is 17.1 Å². The third-order valence-corrected chi connectivity index (χ3v) is 10.9. The van der Waals surface area contributed by atoms with E-state index in [1.807, 2.05) is 68.4 Å². The van der Waals surface area contributed by atoms with Crippen molar-refractivity contribution in [1.82, 2.24) is 14.3 Å². The molecule has 304 valence electrons. The first-order valence-electron chi connectivity index (χ1n) is 20.4. The van der Waals surface area contributed by atoms with Gasteiger partial charge in [-0.3, -0.25) is 14.2 Å². The monoisotopic (exact) mass is 786 g/mol. The van der Waals surface area contributed by atoms with Crippen LogP contribution in [-0.4, -0.2) is 62.6 Å². The number of fused-ring (bicyclic) bond motifs is 1. The van der Waals surface area contributed by atoms with Crippen molar-refractivity contribution < 1.29 is 17.9 Å². The second kappa shape index (κ2) is 22.3. The van der Waals surface area contributed by atoms with Gasteiger partial charge in [-0.1, -0.05) is 102 Å². The summed E-state index contributed by atoms with van der Waals surface area (Å²) in [4.78, 5) is 41.6. The van der Waals surface area contributed by atoms with Crippen LogP contribution in [-0.2, 0) is 14.8 Å². The SMILES string of the molecule is CCCCCCCCC(CCCCCC)n1c(C(=Nc2ccc(N(CC)CCNS(C)(=O)=O)cc2C)C(=O)Nc2ccccc2OC)nc2ccccc2c1=O. The van der Waals surface area contributed by atoms with Gasteiger partial charge < -0.3 is 15.0 Å². The fourth-order valence-corrected chi connectivity index (χ4v) is 7.53. The number of anilines is 2. The van der Waals surface area contributed by atoms with E-state index in [0.717, 1.165) is 75.3 Å². The van der Waals surface area contributed by atoms with E-state index >= 15 is 0 Å². The molecule has 1 heterocycles. The maximum atomic E-state index is 14.7. The summed E-state index contributed by atoms with van der Waals surface area (Å²) in [5, 5.41) is 3.53. The van der Waals surface area contributed by atoms with E-state index in [1.54, 1.807) is 23.8 Å². The second-order valence-electron chi connectivity index (χ2n) is 14.5. The Morgan fingerprint density at radius 2 is 1.54 bits per heavy atom. The van der Waals surface area contributed by atoms with Crippen molar-refractivity contribution in [3.05, 3.63) is 88.5 Å². The summed E-state index contributed by atoms with van der Waals surface area (Å²) < 4.78 is 33.3. The highest BCUT2D eigenvalue weighted by molar-refractivity contribution is 7.88. The van der Waals surface area contributed by atoms with Crippen LogP contribution in [0.1, 0.15) is 115 Å². The van der Waals surface area contributed by atoms with Gasteiger partial charge in [-0.15, -0.1) is 0 Å². The standard InChI is InChI=1S/C44H62N6O5S/c1-7-10-12-14-15-17-23-34(22-16-13-11-8-2)50-42(47-38-25-19-18-24-36(38)44(50)52)41(43(51)48-39-26-20-21-27-40(39)55-5)46-37-29-28-35(32-33(37)4)49(9-3)31-30-45-56(6,53)54/h18-21,24-29,32,34,45H,7-17,22-23,30-31H2,1-6H3,(H,48,51). The molecule has 0 aliphatic heterocycles. The fraction of sp³-hybridized carbons (Fsp3) is 0.500. The molecular weight excluding hydrogens is 725 g/mol. The fourth-order valence-electron chi connectivity index (χ4n) is 7.07. The first-order chi connectivity index (χ1) is 27.0. The molecular formula is C44H62N6O5S. The van der Waals surface area contributed by atoms with Crippen LogP contribution in [0.15, 0.2) is 76.5 Å². The second-order valence-corrected chi connectivity index (χ2v) is 16.4. The highest BCUT2D eigenvalue weighted by atomic mass is 32.2. The Kier molecular flexibility index (Phi) is 17.6. The van der Waals surface area contributed by atoms with E-state index in [1.165, 1.54) is 19.3 Å². The number of aromatic nitrogens is 2. The molecule has 3 aromatic carbocycles. The van der Waals surface area contributed by atoms with Gasteiger partial charge in [0.25, 0.3) is 11.5 Å². The number of sulfonamides is 1. The number of rotatable bonds is 24. The smallest absolute Gasteiger partial charge is 0.278 e. The van der Waals surface area contributed by atoms with E-state index < -0.39 is 15.9 Å². The van der Waals surface area contributed by atoms with E-state index in [0.29, 0.717) is 41.1 Å². The van der Waals surface area contributed by atoms with Gasteiger partial charge in [0.15, 0.2) is 11.5 Å². The van der Waals surface area contributed by atoms with Crippen LogP contribution in [0, 0.1) is 6.92 Å². The minimum atomic E-state index is -3.32. The van der Waals surface area contributed by atoms with Crippen LogP contribution in [0.2, 0.25) is 0 Å². The number of unbranched alkanes of at least 4 members (excludes halogenated alkanes) is 8. The van der Waals surface area contributed by atoms with Crippen molar-refractivity contribution in [1.29, 1.82) is 0 Å². The molecule has 56 heavy (non-hydrogen) atoms. The molecule has 4 aromatic rings. The summed E-state index contributed by atoms with van der Waals surface area (Å²) in [5.41, 5.74) is 3.07. The number of ether oxygens (including phenoxy) is 1. The normalized spacial score (nSPS) is 12.5. The minimum Gasteiger partial charge on any atom is -0.495 e. The molecule has 0 radical (unpaired) electrons. The van der Waals surface area contributed by atoms with Crippen molar-refractivity contribution in [2.24, 2.45) is 4.99 Å². The summed E-state index contributed by atoms with van der Waals surface area (Å²) in [6.07, 6.45) is 13.8. The van der Waals surface area contributed by atoms with E-state index in [4.69, 9.17) is 14.7 Å². The quantitative estimate of drug-likeness (QED) is 0.0535. The lowest BCUT2D eigenvalue weighted by atomic mass is 9.99. The molecule has 1 amide bonds. The number of carbonyl (C=O) groups excluding carboxylic acids is 1. The number of amides is 1. The summed E-state index contributed by atoms with van der Waals surface area (Å²) >= 11 is 0. The minimum absolute atomic E-state index is 0.0285. The topological polar surface area (TPSA) is 135 Å². The Morgan fingerprint density at radius 1 is 0.893 bits per heavy atom. The molecule has 11 nitrogen and oxygen atoms in total. The van der Waals surface area contributed by atoms with Gasteiger partial charge in [0, 0.05) is 31.4 Å². The van der Waals surface area contributed by atoms with Gasteiger partial charge in [0.2, 0.25) is 10.0 Å². The number of likely N-dealkylation sites (N-methyl/N-ethyl adjacent to an activating group) is 1. The number of aliphatic imine (C=N–C) groups is 1. The van der Waals surface area contributed by atoms with Gasteiger partial charge in [-0.05, 0) is 74.7 Å². The molecule has 0 saturated carbocycles. The maximum Gasteiger partial charge on any atom is 0.278 e. The number of methoxy groups -OCH3 is 1. The van der Waals surface area contributed by atoms with Crippen molar-refractivity contribution in [2.75, 3.05) is 43.2 Å². The zero-order chi connectivity index (χ0) is 40.5. The number of nitrogens with one attached hydrogen (secondary N) is 2. The predicted molar refractivity (Wildman–Crippen MR) is 232 cm³/mol. The lowest BCUT2D eigenvalue weighted by molar-refractivity contribution is -0.110. The van der Waals surface area contributed by atoms with Crippen molar-refractivity contribution in [3.63, 3.8) is 0 Å². The third kappa shape index (κ3) is 12.7. The summed E-state index contributed by atoms with van der Waals surface area (Å²) in [5.74, 6) is 0.213. The predicted octanol–water partition coefficient (Wildman–Crippen LogP) is 9.11. The Hall–Kier alpha value is -4.55. The molecule has 1 atom stereocenters. The van der Waals surface area contributed by atoms with Crippen LogP contribution >= 0.6 is 0 Å². The number of hydrogen-bond donors (Lipinski definition) is 2. The molecule has 1 unspecified atom stereocenters. The van der Waals surface area contributed by atoms with Crippen LogP contribution in [0.25, 0.3) is 10.9 Å². The lowest BCUT2D eigenvalue weighted by Gasteiger charge is -2.25. The number of carbonyl (C=O) groups is 1. The van der Waals surface area contributed by atoms with Crippen molar-refractivity contribution in [3.8, 4) is 5.75 Å². The van der Waals surface area contributed by atoms with Crippen LogP contribution in [0.3, 0.4) is 0 Å². The van der Waals surface area contributed by atoms with Crippen LogP contribution in [0.5, 0.6) is 5.75 Å². The first-order valence-corrected chi connectivity index (χ1v) is 22.2. The van der Waals surface area contributed by atoms with Gasteiger partial charge in [0.1, 0.15) is 5.75 Å². The van der Waals surface area contributed by atoms with Gasteiger partial charge >= 0.3 is 0 Å². The molecule has 0 aliphatic carbocycles. The average Bonchev–Trinajstić information content (AvgIpc) is 3.18. The zero-order valence-electron chi connectivity index (χ0n) is 34.3. The van der Waals surface area contributed by atoms with Crippen molar-refractivity contribution in [2.45, 2.75) is 111 Å². The zero-order valence-corrected chi connectivity index (χ0v) is 35.1. The Labute approximate surface area is 334 Å². The highest BCUT2D eigenvalue weighted by Crippen LogP contribution is 2.30. The molecule has 0 saturated heterocycles. The molecule has 0 fully saturated rings. The number of aryl methyl sites for hydroxylation is 1. The number of para-hydroxylation sites is 3. The summed E-state index contributed by atoms with van der Waals surface area (Å²) in [6.45, 7) is 9.75. The summed E-state index contributed by atoms with van der Waals surface area (Å²) in [6, 6.07) is 20.1. The molecule has 4 rings (SSSR count). The Bertz CT molecular complexity index is 2080. The van der Waals surface area contributed by atoms with E-state index in [9.17, 15) is 18.0 Å². The highest BCUT2D eigenvalue weighted by Gasteiger charge is 2.27. The van der Waals surface area contributed by atoms with Crippen LogP contribution < -0.4 is 25.2 Å². The Balaban J connectivity index is 1.89. The largest absolute Gasteiger partial charge is 0.495 e. The van der Waals surface area contributed by atoms with Gasteiger partial charge in [-0.25, -0.2) is 23.1 Å². The molecule has 0 aliphatic rings. The van der Waals surface area contributed by atoms with E-state index in [2.05, 4.69) is 28.8 Å². The van der Waals surface area contributed by atoms with E-state index in [-0.39, 0.29) is 29.7 Å². The number of nitrogens with zero attached hydrogens (tertiary/aromatic N) is 4. The first kappa shape index (κ1) is 44.2. The summed E-state index contributed by atoms with van der Waals surface area (Å²) in [7, 11) is -1.76. The maximum absolute atomic E-state index is 14.7. The van der Waals surface area contributed by atoms with Crippen molar-refractivity contribution >= 4 is 49.6 Å². The molecule has 2 N–H and O–H groups in total. The third-order valence-electron chi connectivity index (χ3n) is 10.1. The molecule has 12 heteroatoms. The number of benzene rings is 3. The number of hydrogen-bond acceptors (Lipinski definition) is 8. The van der Waals surface area contributed by atoms with Gasteiger partial charge in [0.05, 0.1) is 35.6 Å². The molecule has 0 bridgehead atoms. The average molecular weight is 787 g/mol. The Morgan fingerprint density at radius 3 is 2.20 bits per heavy atom. The molecule has 1 aromatic heterocycles.